The Hall–Kier alpha value is -5.38. The molecule has 5 aromatic carbocycles. The van der Waals surface area contributed by atoms with Gasteiger partial charge in [-0.25, -0.2) is 0 Å². The Morgan fingerprint density at radius 3 is 2.38 bits per heavy atom. The summed E-state index contributed by atoms with van der Waals surface area (Å²) in [5.74, 6) is 3.67. The number of fused-ring (bicyclic) bond motifs is 11. The number of rotatable bonds is 4. The van der Waals surface area contributed by atoms with Crippen LogP contribution in [0, 0.1) is 35.5 Å². The summed E-state index contributed by atoms with van der Waals surface area (Å²) in [6, 6.07) is 43.4. The van der Waals surface area contributed by atoms with Gasteiger partial charge in [0.2, 0.25) is 0 Å². The first-order valence-electron chi connectivity index (χ1n) is 19.5. The fourth-order valence-corrected chi connectivity index (χ4v) is 12.6. The minimum Gasteiger partial charge on any atom is -0.337 e. The Balaban J connectivity index is 1.04. The average Bonchev–Trinajstić information content (AvgIpc) is 3.87. The number of para-hydroxylation sites is 2. The molecule has 0 amide bonds. The van der Waals surface area contributed by atoms with Crippen molar-refractivity contribution in [1.29, 1.82) is 0 Å². The monoisotopic (exact) mass is 700 g/mol. The largest absolute Gasteiger partial charge is 0.337 e. The van der Waals surface area contributed by atoms with E-state index in [1.807, 2.05) is 11.3 Å². The summed E-state index contributed by atoms with van der Waals surface area (Å²) < 4.78 is 5.18. The van der Waals surface area contributed by atoms with Gasteiger partial charge in [0.15, 0.2) is 0 Å². The number of nitrogens with zero attached hydrogens (tertiary/aromatic N) is 2. The van der Waals surface area contributed by atoms with Crippen LogP contribution in [-0.2, 0) is 0 Å². The lowest BCUT2D eigenvalue weighted by Crippen LogP contribution is -2.36. The maximum atomic E-state index is 2.76. The third-order valence-corrected chi connectivity index (χ3v) is 14.7. The van der Waals surface area contributed by atoms with Crippen molar-refractivity contribution < 1.29 is 0 Å². The molecule has 3 heteroatoms. The minimum absolute atomic E-state index is 0.347. The number of hydrogen-bond donors (Lipinski definition) is 0. The maximum Gasteiger partial charge on any atom is 0.0595 e. The molecule has 0 aliphatic heterocycles. The molecule has 0 N–H and O–H groups in total. The Bertz CT molecular complexity index is 2770. The third-order valence-electron chi connectivity index (χ3n) is 13.4. The highest BCUT2D eigenvalue weighted by Crippen LogP contribution is 2.62. The normalized spacial score (nSPS) is 26.8. The molecule has 2 heterocycles. The van der Waals surface area contributed by atoms with E-state index in [1.54, 1.807) is 11.1 Å². The van der Waals surface area contributed by atoms with Crippen molar-refractivity contribution in [2.24, 2.45) is 35.5 Å². The molecule has 2 aromatic heterocycles. The van der Waals surface area contributed by atoms with Gasteiger partial charge in [0.05, 0.1) is 21.4 Å². The van der Waals surface area contributed by atoms with Crippen LogP contribution >= 0.6 is 11.3 Å². The number of allylic oxidation sites excluding steroid dienone is 9. The lowest BCUT2D eigenvalue weighted by Gasteiger charge is -2.43. The van der Waals surface area contributed by atoms with E-state index < -0.39 is 0 Å². The minimum atomic E-state index is 0.347. The number of hydrogen-bond acceptors (Lipinski definition) is 2. The van der Waals surface area contributed by atoms with E-state index >= 15 is 0 Å². The van der Waals surface area contributed by atoms with Crippen molar-refractivity contribution in [3.8, 4) is 5.69 Å². The van der Waals surface area contributed by atoms with Gasteiger partial charge in [-0.15, -0.1) is 11.3 Å². The number of anilines is 2. The lowest BCUT2D eigenvalue weighted by atomic mass is 9.61. The molecule has 2 nitrogen and oxygen atoms in total. The van der Waals surface area contributed by atoms with Crippen LogP contribution in [-0.4, -0.2) is 10.6 Å². The molecule has 7 atom stereocenters. The molecule has 5 aliphatic rings. The zero-order valence-electron chi connectivity index (χ0n) is 29.6. The van der Waals surface area contributed by atoms with E-state index in [4.69, 9.17) is 0 Å². The molecular weight excluding hydrogens is 661 g/mol. The van der Waals surface area contributed by atoms with Crippen LogP contribution in [0.4, 0.5) is 11.4 Å². The van der Waals surface area contributed by atoms with Crippen molar-refractivity contribution in [3.63, 3.8) is 0 Å². The summed E-state index contributed by atoms with van der Waals surface area (Å²) in [6.45, 7) is 0. The van der Waals surface area contributed by atoms with Gasteiger partial charge < -0.3 is 9.47 Å². The van der Waals surface area contributed by atoms with Crippen LogP contribution in [0.1, 0.15) is 19.3 Å². The third kappa shape index (κ3) is 4.38. The molecule has 7 aromatic rings. The Morgan fingerprint density at radius 2 is 1.43 bits per heavy atom. The first-order chi connectivity index (χ1) is 26.3. The highest BCUT2D eigenvalue weighted by molar-refractivity contribution is 7.26. The van der Waals surface area contributed by atoms with E-state index in [1.165, 1.54) is 71.9 Å². The van der Waals surface area contributed by atoms with Crippen LogP contribution in [0.25, 0.3) is 47.7 Å². The van der Waals surface area contributed by atoms with Gasteiger partial charge in [-0.05, 0) is 103 Å². The molecule has 0 bridgehead atoms. The lowest BCUT2D eigenvalue weighted by molar-refractivity contribution is 0.230. The molecule has 12 rings (SSSR count). The van der Waals surface area contributed by atoms with Crippen LogP contribution < -0.4 is 4.90 Å². The summed E-state index contributed by atoms with van der Waals surface area (Å²) in [5.41, 5.74) is 9.78. The van der Waals surface area contributed by atoms with Crippen LogP contribution in [0.2, 0.25) is 0 Å². The zero-order valence-corrected chi connectivity index (χ0v) is 30.4. The molecule has 53 heavy (non-hydrogen) atoms. The quantitative estimate of drug-likeness (QED) is 0.166. The molecule has 0 saturated heterocycles. The molecule has 7 unspecified atom stereocenters. The van der Waals surface area contributed by atoms with Gasteiger partial charge >= 0.3 is 0 Å². The first kappa shape index (κ1) is 30.1. The van der Waals surface area contributed by atoms with Gasteiger partial charge in [-0.3, -0.25) is 0 Å². The average molecular weight is 701 g/mol. The fraction of sp³-hybridized carbons (Fsp3) is 0.200. The smallest absolute Gasteiger partial charge is 0.0595 e. The molecule has 256 valence electrons. The summed E-state index contributed by atoms with van der Waals surface area (Å²) in [4.78, 5) is 2.76. The zero-order chi connectivity index (χ0) is 34.6. The molecule has 2 saturated carbocycles. The second-order valence-corrected chi connectivity index (χ2v) is 17.0. The summed E-state index contributed by atoms with van der Waals surface area (Å²) >= 11 is 1.95. The topological polar surface area (TPSA) is 8.17 Å². The van der Waals surface area contributed by atoms with Gasteiger partial charge in [0.1, 0.15) is 0 Å². The van der Waals surface area contributed by atoms with Crippen molar-refractivity contribution in [3.05, 3.63) is 175 Å². The number of thiophene rings is 1. The van der Waals surface area contributed by atoms with Crippen molar-refractivity contribution in [2.75, 3.05) is 4.90 Å². The van der Waals surface area contributed by atoms with Crippen molar-refractivity contribution >= 4 is 64.7 Å². The van der Waals surface area contributed by atoms with Crippen LogP contribution in [0.3, 0.4) is 0 Å². The highest BCUT2D eigenvalue weighted by atomic mass is 32.1. The standard InChI is InChI=1S/C50H40N2S/c1-2-14-33(15-3-1)52-44-21-8-6-17-37(44)43-30-35(25-27-45(43)52)51(46-22-11-20-41-38-18-7-9-23-47(38)53-50(41)46)34-24-26-40-42(29-34)39-19-10-13-32-28-31-12-4-5-16-36(31)49(40)48(32)39/h1-23,25-27,30-31,34,36,39,42,48-49H,24,28-29H2. The van der Waals surface area contributed by atoms with E-state index in [0.717, 1.165) is 6.42 Å². The van der Waals surface area contributed by atoms with E-state index in [9.17, 15) is 0 Å². The Labute approximate surface area is 314 Å². The predicted octanol–water partition coefficient (Wildman–Crippen LogP) is 13.1. The van der Waals surface area contributed by atoms with E-state index in [2.05, 4.69) is 173 Å². The van der Waals surface area contributed by atoms with E-state index in [-0.39, 0.29) is 0 Å². The van der Waals surface area contributed by atoms with E-state index in [0.29, 0.717) is 41.5 Å². The Morgan fingerprint density at radius 1 is 0.642 bits per heavy atom. The summed E-state index contributed by atoms with van der Waals surface area (Å²) in [7, 11) is 0. The first-order valence-corrected chi connectivity index (χ1v) is 20.3. The molecule has 0 radical (unpaired) electrons. The second kappa shape index (κ2) is 11.6. The van der Waals surface area contributed by atoms with Gasteiger partial charge in [0.25, 0.3) is 0 Å². The van der Waals surface area contributed by atoms with Crippen molar-refractivity contribution in [1.82, 2.24) is 4.57 Å². The predicted molar refractivity (Wildman–Crippen MR) is 224 cm³/mol. The molecule has 5 aliphatic carbocycles. The molecular formula is C50H40N2S. The molecule has 2 fully saturated rings. The van der Waals surface area contributed by atoms with Crippen LogP contribution in [0.15, 0.2) is 175 Å². The van der Waals surface area contributed by atoms with Crippen LogP contribution in [0.5, 0.6) is 0 Å². The SMILES string of the molecule is C1=CC2CC3=CC=CC4C5CC(N(c6ccc7c(c6)c6ccccc6n7-c6ccccc6)c6cccc7c6sc6ccccc67)CC=C5C(C2C=C1)C34. The molecule has 0 spiro atoms. The fourth-order valence-electron chi connectivity index (χ4n) is 11.4. The summed E-state index contributed by atoms with van der Waals surface area (Å²) in [5, 5.41) is 5.33. The highest BCUT2D eigenvalue weighted by Gasteiger charge is 2.55. The summed E-state index contributed by atoms with van der Waals surface area (Å²) in [6.07, 6.45) is 23.3. The second-order valence-electron chi connectivity index (χ2n) is 15.9. The maximum absolute atomic E-state index is 2.76. The number of aromatic nitrogens is 1. The van der Waals surface area contributed by atoms with Crippen molar-refractivity contribution in [2.45, 2.75) is 25.3 Å². The Kier molecular flexibility index (Phi) is 6.57. The van der Waals surface area contributed by atoms with Gasteiger partial charge in [-0.2, -0.15) is 0 Å². The van der Waals surface area contributed by atoms with Gasteiger partial charge in [-0.1, -0.05) is 126 Å². The van der Waals surface area contributed by atoms with Gasteiger partial charge in [0, 0.05) is 43.7 Å². The number of benzene rings is 5.